The number of anilines is 3. The predicted molar refractivity (Wildman–Crippen MR) is 81.2 cm³/mol. The van der Waals surface area contributed by atoms with Gasteiger partial charge in [0.15, 0.2) is 9.84 Å². The molecule has 116 valence electrons. The lowest BCUT2D eigenvalue weighted by Gasteiger charge is -2.29. The molecular weight excluding hydrogens is 292 g/mol. The van der Waals surface area contributed by atoms with E-state index in [1.165, 1.54) is 6.42 Å². The van der Waals surface area contributed by atoms with Crippen LogP contribution in [0.25, 0.3) is 0 Å². The van der Waals surface area contributed by atoms with Gasteiger partial charge in [-0.1, -0.05) is 0 Å². The van der Waals surface area contributed by atoms with E-state index < -0.39 is 9.84 Å². The largest absolute Gasteiger partial charge is 0.368 e. The summed E-state index contributed by atoms with van der Waals surface area (Å²) in [5, 5.41) is 0. The monoisotopic (exact) mass is 312 g/mol. The second-order valence-corrected chi connectivity index (χ2v) is 7.78. The molecule has 3 rings (SSSR count). The Balaban J connectivity index is 1.81. The lowest BCUT2D eigenvalue weighted by Crippen LogP contribution is -2.41. The Hall–Kier alpha value is -1.64. The average molecular weight is 312 g/mol. The molecule has 0 aromatic carbocycles. The van der Waals surface area contributed by atoms with Crippen molar-refractivity contribution in [1.29, 1.82) is 0 Å². The zero-order valence-electron chi connectivity index (χ0n) is 11.9. The normalized spacial score (nSPS) is 22.3. The molecule has 2 saturated heterocycles. The summed E-state index contributed by atoms with van der Waals surface area (Å²) in [6.45, 7) is 2.67. The van der Waals surface area contributed by atoms with Crippen LogP contribution in [0, 0.1) is 0 Å². The molecule has 0 aliphatic carbocycles. The Bertz CT molecular complexity index is 600. The molecular formula is C12H20N6O2S. The molecule has 8 nitrogen and oxygen atoms in total. The van der Waals surface area contributed by atoms with Crippen molar-refractivity contribution in [2.24, 2.45) is 0 Å². The highest BCUT2D eigenvalue weighted by Gasteiger charge is 2.25. The van der Waals surface area contributed by atoms with Crippen LogP contribution in [0.1, 0.15) is 19.3 Å². The summed E-state index contributed by atoms with van der Waals surface area (Å²) in [6.07, 6.45) is 3.49. The van der Waals surface area contributed by atoms with E-state index in [2.05, 4.69) is 19.9 Å². The summed E-state index contributed by atoms with van der Waals surface area (Å²) in [7, 11) is -2.92. The van der Waals surface area contributed by atoms with Gasteiger partial charge in [-0.3, -0.25) is 0 Å². The van der Waals surface area contributed by atoms with Gasteiger partial charge in [-0.25, -0.2) is 8.42 Å². The third kappa shape index (κ3) is 3.34. The second-order valence-electron chi connectivity index (χ2n) is 5.48. The number of rotatable bonds is 2. The fourth-order valence-electron chi connectivity index (χ4n) is 2.66. The van der Waals surface area contributed by atoms with Crippen molar-refractivity contribution in [1.82, 2.24) is 15.0 Å². The van der Waals surface area contributed by atoms with Crippen LogP contribution in [0.4, 0.5) is 17.8 Å². The molecule has 1 aromatic rings. The van der Waals surface area contributed by atoms with Gasteiger partial charge in [0, 0.05) is 26.2 Å². The van der Waals surface area contributed by atoms with Crippen LogP contribution < -0.4 is 15.5 Å². The zero-order chi connectivity index (χ0) is 14.9. The fourth-order valence-corrected chi connectivity index (χ4v) is 3.86. The maximum absolute atomic E-state index is 11.5. The summed E-state index contributed by atoms with van der Waals surface area (Å²) in [5.74, 6) is 1.55. The first-order chi connectivity index (χ1) is 10.0. The van der Waals surface area contributed by atoms with E-state index in [9.17, 15) is 8.42 Å². The molecule has 2 fully saturated rings. The minimum atomic E-state index is -2.92. The van der Waals surface area contributed by atoms with Crippen LogP contribution >= 0.6 is 0 Å². The van der Waals surface area contributed by atoms with Crippen molar-refractivity contribution < 1.29 is 8.42 Å². The van der Waals surface area contributed by atoms with Gasteiger partial charge < -0.3 is 15.5 Å². The first-order valence-corrected chi connectivity index (χ1v) is 9.07. The van der Waals surface area contributed by atoms with Crippen molar-refractivity contribution in [3.63, 3.8) is 0 Å². The minimum absolute atomic E-state index is 0.137. The average Bonchev–Trinajstić information content (AvgIpc) is 2.47. The molecule has 2 aliphatic heterocycles. The van der Waals surface area contributed by atoms with Crippen LogP contribution in [0.15, 0.2) is 0 Å². The molecule has 0 unspecified atom stereocenters. The molecule has 0 spiro atoms. The molecule has 0 amide bonds. The molecule has 0 bridgehead atoms. The lowest BCUT2D eigenvalue weighted by atomic mass is 10.1. The Kier molecular flexibility index (Phi) is 3.83. The molecule has 9 heteroatoms. The third-order valence-electron chi connectivity index (χ3n) is 3.90. The van der Waals surface area contributed by atoms with E-state index in [1.807, 2.05) is 4.90 Å². The van der Waals surface area contributed by atoms with Crippen molar-refractivity contribution in [2.75, 3.05) is 53.2 Å². The first kappa shape index (κ1) is 14.3. The number of hydrogen-bond acceptors (Lipinski definition) is 8. The van der Waals surface area contributed by atoms with Crippen LogP contribution in [0.5, 0.6) is 0 Å². The summed E-state index contributed by atoms with van der Waals surface area (Å²) in [4.78, 5) is 16.8. The lowest BCUT2D eigenvalue weighted by molar-refractivity contribution is 0.566. The second kappa shape index (κ2) is 5.63. The first-order valence-electron chi connectivity index (χ1n) is 7.25. The van der Waals surface area contributed by atoms with Crippen LogP contribution in [-0.2, 0) is 9.84 Å². The van der Waals surface area contributed by atoms with Gasteiger partial charge in [-0.2, -0.15) is 15.0 Å². The maximum Gasteiger partial charge on any atom is 0.232 e. The van der Waals surface area contributed by atoms with E-state index in [0.29, 0.717) is 25.0 Å². The minimum Gasteiger partial charge on any atom is -0.368 e. The molecule has 3 heterocycles. The fraction of sp³-hybridized carbons (Fsp3) is 0.750. The van der Waals surface area contributed by atoms with E-state index in [-0.39, 0.29) is 17.5 Å². The molecule has 0 radical (unpaired) electrons. The smallest absolute Gasteiger partial charge is 0.232 e. The predicted octanol–water partition coefficient (Wildman–Crippen LogP) is -0.321. The number of nitrogens with zero attached hydrogens (tertiary/aromatic N) is 5. The number of hydrogen-bond donors (Lipinski definition) is 1. The standard InChI is InChI=1S/C12H20N6O2S/c13-10-14-11(17-4-2-1-3-5-17)16-12(15-10)18-6-8-21(19,20)9-7-18/h1-9H2,(H2,13,14,15,16). The number of nitrogens with two attached hydrogens (primary N) is 1. The van der Waals surface area contributed by atoms with Crippen LogP contribution in [0.2, 0.25) is 0 Å². The SMILES string of the molecule is Nc1nc(N2CCCCC2)nc(N2CCS(=O)(=O)CC2)n1. The number of aromatic nitrogens is 3. The molecule has 21 heavy (non-hydrogen) atoms. The summed E-state index contributed by atoms with van der Waals surface area (Å²) in [6, 6.07) is 0. The molecule has 0 saturated carbocycles. The summed E-state index contributed by atoms with van der Waals surface area (Å²) < 4.78 is 23.0. The van der Waals surface area contributed by atoms with Crippen LogP contribution in [0.3, 0.4) is 0 Å². The van der Waals surface area contributed by atoms with Gasteiger partial charge >= 0.3 is 0 Å². The molecule has 0 atom stereocenters. The quantitative estimate of drug-likeness (QED) is 0.792. The third-order valence-corrected chi connectivity index (χ3v) is 5.50. The van der Waals surface area contributed by atoms with Gasteiger partial charge in [-0.15, -0.1) is 0 Å². The topological polar surface area (TPSA) is 105 Å². The highest BCUT2D eigenvalue weighted by atomic mass is 32.2. The van der Waals surface area contributed by atoms with Crippen molar-refractivity contribution in [2.45, 2.75) is 19.3 Å². The molecule has 2 N–H and O–H groups in total. The number of sulfone groups is 1. The number of piperidine rings is 1. The van der Waals surface area contributed by atoms with Gasteiger partial charge in [0.2, 0.25) is 17.8 Å². The van der Waals surface area contributed by atoms with Crippen molar-refractivity contribution in [3.05, 3.63) is 0 Å². The molecule has 1 aromatic heterocycles. The van der Waals surface area contributed by atoms with Crippen LogP contribution in [-0.4, -0.2) is 61.1 Å². The van der Waals surface area contributed by atoms with Gasteiger partial charge in [0.25, 0.3) is 0 Å². The Morgan fingerprint density at radius 2 is 1.33 bits per heavy atom. The van der Waals surface area contributed by atoms with E-state index in [0.717, 1.165) is 25.9 Å². The van der Waals surface area contributed by atoms with Gasteiger partial charge in [0.05, 0.1) is 11.5 Å². The van der Waals surface area contributed by atoms with E-state index in [4.69, 9.17) is 5.73 Å². The maximum atomic E-state index is 11.5. The Labute approximate surface area is 124 Å². The number of nitrogen functional groups attached to an aromatic ring is 1. The van der Waals surface area contributed by atoms with Gasteiger partial charge in [0.1, 0.15) is 0 Å². The Morgan fingerprint density at radius 1 is 0.810 bits per heavy atom. The summed E-state index contributed by atoms with van der Waals surface area (Å²) >= 11 is 0. The van der Waals surface area contributed by atoms with E-state index in [1.54, 1.807) is 0 Å². The summed E-state index contributed by atoms with van der Waals surface area (Å²) in [5.41, 5.74) is 5.79. The van der Waals surface area contributed by atoms with E-state index >= 15 is 0 Å². The molecule has 2 aliphatic rings. The highest BCUT2D eigenvalue weighted by Crippen LogP contribution is 2.20. The highest BCUT2D eigenvalue weighted by molar-refractivity contribution is 7.91. The van der Waals surface area contributed by atoms with Crippen molar-refractivity contribution >= 4 is 27.7 Å². The Morgan fingerprint density at radius 3 is 1.90 bits per heavy atom. The zero-order valence-corrected chi connectivity index (χ0v) is 12.7. The van der Waals surface area contributed by atoms with Crippen molar-refractivity contribution in [3.8, 4) is 0 Å². The van der Waals surface area contributed by atoms with Gasteiger partial charge in [-0.05, 0) is 19.3 Å².